The van der Waals surface area contributed by atoms with Crippen molar-refractivity contribution in [2.45, 2.75) is 37.5 Å². The second-order valence-electron chi connectivity index (χ2n) is 5.82. The molecule has 1 aliphatic carbocycles. The maximum absolute atomic E-state index is 12.9. The van der Waals surface area contributed by atoms with Gasteiger partial charge in [-0.2, -0.15) is 13.2 Å². The van der Waals surface area contributed by atoms with Crippen molar-refractivity contribution >= 4 is 5.97 Å². The van der Waals surface area contributed by atoms with Crippen molar-refractivity contribution in [1.82, 2.24) is 0 Å². The molecule has 0 atom stereocenters. The lowest BCUT2D eigenvalue weighted by Gasteiger charge is -2.46. The Morgan fingerprint density at radius 1 is 1.30 bits per heavy atom. The van der Waals surface area contributed by atoms with Crippen LogP contribution in [0.1, 0.15) is 24.8 Å². The van der Waals surface area contributed by atoms with Crippen LogP contribution in [0.15, 0.2) is 24.3 Å². The molecular weight excluding hydrogens is 313 g/mol. The smallest absolute Gasteiger partial charge is 0.417 e. The van der Waals surface area contributed by atoms with E-state index in [1.165, 1.54) is 0 Å². The summed E-state index contributed by atoms with van der Waals surface area (Å²) in [5, 5.41) is 8.61. The van der Waals surface area contributed by atoms with E-state index < -0.39 is 17.7 Å². The number of hydrogen-bond donors (Lipinski definition) is 1. The zero-order chi connectivity index (χ0) is 17.1. The first-order valence-corrected chi connectivity index (χ1v) is 7.31. The Kier molecular flexibility index (Phi) is 5.19. The molecule has 0 saturated heterocycles. The summed E-state index contributed by atoms with van der Waals surface area (Å²) in [6.45, 7) is 0.204. The minimum Gasteiger partial charge on any atom is -0.493 e. The van der Waals surface area contributed by atoms with Gasteiger partial charge in [0.2, 0.25) is 0 Å². The molecule has 4 nitrogen and oxygen atoms in total. The number of benzene rings is 1. The molecule has 0 spiro atoms. The molecule has 7 heteroatoms. The van der Waals surface area contributed by atoms with Crippen LogP contribution in [-0.4, -0.2) is 36.6 Å². The molecule has 1 saturated carbocycles. The van der Waals surface area contributed by atoms with E-state index in [1.54, 1.807) is 24.3 Å². The van der Waals surface area contributed by atoms with Crippen LogP contribution >= 0.6 is 0 Å². The fraction of sp³-hybridized carbons (Fsp3) is 0.562. The minimum atomic E-state index is -4.36. The summed E-state index contributed by atoms with van der Waals surface area (Å²) in [6, 6.07) is 6.91. The number of carboxylic acid groups (broad SMARTS) is 1. The van der Waals surface area contributed by atoms with E-state index in [0.29, 0.717) is 12.2 Å². The van der Waals surface area contributed by atoms with Gasteiger partial charge in [0, 0.05) is 13.5 Å². The van der Waals surface area contributed by atoms with E-state index in [1.807, 2.05) is 0 Å². The third kappa shape index (κ3) is 4.16. The van der Waals surface area contributed by atoms with Gasteiger partial charge in [-0.05, 0) is 42.9 Å². The fourth-order valence-corrected chi connectivity index (χ4v) is 2.72. The highest BCUT2D eigenvalue weighted by molar-refractivity contribution is 5.67. The summed E-state index contributed by atoms with van der Waals surface area (Å²) < 4.78 is 48.7. The maximum Gasteiger partial charge on any atom is 0.417 e. The van der Waals surface area contributed by atoms with Crippen LogP contribution < -0.4 is 4.74 Å². The second-order valence-corrected chi connectivity index (χ2v) is 5.82. The Bertz CT molecular complexity index is 533. The zero-order valence-corrected chi connectivity index (χ0v) is 12.7. The van der Waals surface area contributed by atoms with E-state index in [2.05, 4.69) is 4.74 Å². The van der Waals surface area contributed by atoms with Gasteiger partial charge in [0.25, 0.3) is 0 Å². The summed E-state index contributed by atoms with van der Waals surface area (Å²) in [6.07, 6.45) is -4.06. The molecule has 0 amide bonds. The monoisotopic (exact) mass is 332 g/mol. The molecule has 0 aliphatic heterocycles. The summed E-state index contributed by atoms with van der Waals surface area (Å²) in [4.78, 5) is 10.5. The van der Waals surface area contributed by atoms with Crippen molar-refractivity contribution in [1.29, 1.82) is 0 Å². The first-order chi connectivity index (χ1) is 10.8. The Balaban J connectivity index is 1.78. The highest BCUT2D eigenvalue weighted by Crippen LogP contribution is 2.50. The number of carbonyl (C=O) groups is 1. The standard InChI is InChI=1S/C16H19F3O4/c1-22-15(16(17,18)19)8-12(9-15)10-23-13-5-2-11(3-6-13)4-7-14(20)21/h2-3,5-6,12H,4,7-10H2,1H3,(H,20,21). The van der Waals surface area contributed by atoms with E-state index >= 15 is 0 Å². The average molecular weight is 332 g/mol. The molecule has 1 aromatic carbocycles. The van der Waals surface area contributed by atoms with Gasteiger partial charge in [0.05, 0.1) is 6.61 Å². The fourth-order valence-electron chi connectivity index (χ4n) is 2.72. The van der Waals surface area contributed by atoms with Crippen LogP contribution in [0.5, 0.6) is 5.75 Å². The lowest BCUT2D eigenvalue weighted by atomic mass is 9.70. The number of halogens is 3. The minimum absolute atomic E-state index is 0.0544. The molecule has 1 aromatic rings. The molecule has 0 aromatic heterocycles. The van der Waals surface area contributed by atoms with E-state index in [4.69, 9.17) is 9.84 Å². The van der Waals surface area contributed by atoms with Crippen molar-refractivity contribution in [2.75, 3.05) is 13.7 Å². The number of carboxylic acids is 1. The number of aryl methyl sites for hydroxylation is 1. The lowest BCUT2D eigenvalue weighted by molar-refractivity contribution is -0.309. The third-order valence-electron chi connectivity index (χ3n) is 4.18. The van der Waals surface area contributed by atoms with Crippen LogP contribution in [0.4, 0.5) is 13.2 Å². The molecule has 0 unspecified atom stereocenters. The quantitative estimate of drug-likeness (QED) is 0.831. The Labute approximate surface area is 132 Å². The molecule has 0 radical (unpaired) electrons. The van der Waals surface area contributed by atoms with Crippen molar-refractivity contribution in [3.8, 4) is 5.75 Å². The first-order valence-electron chi connectivity index (χ1n) is 7.31. The number of hydrogen-bond acceptors (Lipinski definition) is 3. The molecule has 23 heavy (non-hydrogen) atoms. The topological polar surface area (TPSA) is 55.8 Å². The number of aliphatic carboxylic acids is 1. The van der Waals surface area contributed by atoms with Crippen molar-refractivity contribution in [3.05, 3.63) is 29.8 Å². The van der Waals surface area contributed by atoms with Crippen molar-refractivity contribution in [2.24, 2.45) is 5.92 Å². The van der Waals surface area contributed by atoms with Gasteiger partial charge < -0.3 is 14.6 Å². The molecule has 1 aliphatic rings. The third-order valence-corrected chi connectivity index (χ3v) is 4.18. The van der Waals surface area contributed by atoms with Crippen LogP contribution in [-0.2, 0) is 16.0 Å². The normalized spacial score (nSPS) is 24.1. The van der Waals surface area contributed by atoms with Gasteiger partial charge in [-0.1, -0.05) is 12.1 Å². The van der Waals surface area contributed by atoms with Gasteiger partial charge in [0.15, 0.2) is 5.60 Å². The SMILES string of the molecule is COC1(C(F)(F)F)CC(COc2ccc(CCC(=O)O)cc2)C1. The summed E-state index contributed by atoms with van der Waals surface area (Å²) in [5.41, 5.74) is -1.15. The molecule has 0 bridgehead atoms. The predicted molar refractivity (Wildman–Crippen MR) is 76.4 cm³/mol. The highest BCUT2D eigenvalue weighted by Gasteiger charge is 2.62. The Morgan fingerprint density at radius 2 is 1.91 bits per heavy atom. The van der Waals surface area contributed by atoms with Gasteiger partial charge in [-0.15, -0.1) is 0 Å². The Hall–Kier alpha value is -1.76. The maximum atomic E-state index is 12.9. The van der Waals surface area contributed by atoms with Crippen LogP contribution in [0.3, 0.4) is 0 Å². The van der Waals surface area contributed by atoms with Crippen LogP contribution in [0, 0.1) is 5.92 Å². The predicted octanol–water partition coefficient (Wildman–Crippen LogP) is 3.44. The number of ether oxygens (including phenoxy) is 2. The highest BCUT2D eigenvalue weighted by atomic mass is 19.4. The number of rotatable bonds is 7. The van der Waals surface area contributed by atoms with Crippen LogP contribution in [0.2, 0.25) is 0 Å². The number of alkyl halides is 3. The Morgan fingerprint density at radius 3 is 2.39 bits per heavy atom. The summed E-state index contributed by atoms with van der Waals surface area (Å²) >= 11 is 0. The average Bonchev–Trinajstić information content (AvgIpc) is 2.43. The van der Waals surface area contributed by atoms with Gasteiger partial charge >= 0.3 is 12.1 Å². The van der Waals surface area contributed by atoms with Crippen LogP contribution in [0.25, 0.3) is 0 Å². The summed E-state index contributed by atoms with van der Waals surface area (Å²) in [7, 11) is 1.08. The molecule has 1 fully saturated rings. The van der Waals surface area contributed by atoms with Gasteiger partial charge in [0.1, 0.15) is 5.75 Å². The molecule has 1 N–H and O–H groups in total. The van der Waals surface area contributed by atoms with Crippen molar-refractivity contribution < 1.29 is 32.5 Å². The van der Waals surface area contributed by atoms with Crippen molar-refractivity contribution in [3.63, 3.8) is 0 Å². The van der Waals surface area contributed by atoms with E-state index in [0.717, 1.165) is 12.7 Å². The first kappa shape index (κ1) is 17.6. The zero-order valence-electron chi connectivity index (χ0n) is 12.7. The molecule has 0 heterocycles. The van der Waals surface area contributed by atoms with E-state index in [9.17, 15) is 18.0 Å². The van der Waals surface area contributed by atoms with Gasteiger partial charge in [-0.3, -0.25) is 4.79 Å². The number of methoxy groups -OCH3 is 1. The summed E-state index contributed by atoms with van der Waals surface area (Å²) in [5.74, 6) is -0.490. The molecular formula is C16H19F3O4. The molecule has 2 rings (SSSR count). The second kappa shape index (κ2) is 6.78. The molecule has 128 valence electrons. The van der Waals surface area contributed by atoms with Gasteiger partial charge in [-0.25, -0.2) is 0 Å². The largest absolute Gasteiger partial charge is 0.493 e. The van der Waals surface area contributed by atoms with E-state index in [-0.39, 0.29) is 31.8 Å². The lowest BCUT2D eigenvalue weighted by Crippen LogP contribution is -2.57.